The highest BCUT2D eigenvalue weighted by Crippen LogP contribution is 2.24. The molecule has 3 aromatic rings. The van der Waals surface area contributed by atoms with Crippen LogP contribution in [-0.2, 0) is 23.2 Å². The number of fused-ring (bicyclic) bond motifs is 1. The van der Waals surface area contributed by atoms with Gasteiger partial charge in [-0.15, -0.1) is 0 Å². The summed E-state index contributed by atoms with van der Waals surface area (Å²) in [5, 5.41) is 6.47. The van der Waals surface area contributed by atoms with E-state index in [0.29, 0.717) is 5.76 Å². The molecule has 0 spiro atoms. The van der Waals surface area contributed by atoms with E-state index in [1.54, 1.807) is 12.1 Å². The van der Waals surface area contributed by atoms with Crippen molar-refractivity contribution in [3.05, 3.63) is 54.6 Å². The monoisotopic (exact) mass is 380 g/mol. The lowest BCUT2D eigenvalue weighted by molar-refractivity contribution is -0.128. The van der Waals surface area contributed by atoms with Gasteiger partial charge in [0.2, 0.25) is 5.91 Å². The highest BCUT2D eigenvalue weighted by Gasteiger charge is 2.38. The van der Waals surface area contributed by atoms with Gasteiger partial charge in [-0.3, -0.25) is 14.5 Å². The van der Waals surface area contributed by atoms with Crippen molar-refractivity contribution in [2.45, 2.75) is 25.4 Å². The Kier molecular flexibility index (Phi) is 4.60. The Morgan fingerprint density at radius 2 is 2.07 bits per heavy atom. The van der Waals surface area contributed by atoms with E-state index in [1.807, 2.05) is 42.1 Å². The SMILES string of the molecule is Cn1ccc2c(NC(=O)CC[C@@H]3NC(=O)N(Cc4ccco4)C3=O)cccc21. The second-order valence-corrected chi connectivity index (χ2v) is 6.76. The van der Waals surface area contributed by atoms with E-state index in [2.05, 4.69) is 10.6 Å². The lowest BCUT2D eigenvalue weighted by Gasteiger charge is -2.11. The van der Waals surface area contributed by atoms with Gasteiger partial charge in [-0.05, 0) is 36.8 Å². The number of imide groups is 1. The van der Waals surface area contributed by atoms with E-state index >= 15 is 0 Å². The molecule has 0 bridgehead atoms. The van der Waals surface area contributed by atoms with Crippen LogP contribution in [0.15, 0.2) is 53.3 Å². The van der Waals surface area contributed by atoms with Crippen molar-refractivity contribution in [3.8, 4) is 0 Å². The molecule has 1 aromatic carbocycles. The van der Waals surface area contributed by atoms with E-state index in [0.717, 1.165) is 21.5 Å². The van der Waals surface area contributed by atoms with Gasteiger partial charge in [0.1, 0.15) is 11.8 Å². The van der Waals surface area contributed by atoms with Crippen molar-refractivity contribution >= 4 is 34.4 Å². The van der Waals surface area contributed by atoms with E-state index in [4.69, 9.17) is 4.42 Å². The first-order chi connectivity index (χ1) is 13.5. The molecule has 8 nitrogen and oxygen atoms in total. The standard InChI is InChI=1S/C20H20N4O4/c1-23-10-9-14-15(5-2-6-17(14)23)21-18(25)8-7-16-19(26)24(20(27)22-16)12-13-4-3-11-28-13/h2-6,9-11,16H,7-8,12H2,1H3,(H,21,25)(H,22,27)/t16-/m0/s1. The molecule has 0 aliphatic carbocycles. The zero-order chi connectivity index (χ0) is 19.7. The zero-order valence-corrected chi connectivity index (χ0v) is 15.3. The number of benzene rings is 1. The maximum Gasteiger partial charge on any atom is 0.325 e. The number of carbonyl (C=O) groups is 3. The first kappa shape index (κ1) is 17.8. The van der Waals surface area contributed by atoms with Crippen LogP contribution in [0.25, 0.3) is 10.9 Å². The maximum absolute atomic E-state index is 12.5. The highest BCUT2D eigenvalue weighted by molar-refractivity contribution is 6.05. The minimum absolute atomic E-state index is 0.0797. The van der Waals surface area contributed by atoms with Crippen molar-refractivity contribution in [2.75, 3.05) is 5.32 Å². The first-order valence-electron chi connectivity index (χ1n) is 9.01. The Bertz CT molecular complexity index is 1040. The number of aromatic nitrogens is 1. The van der Waals surface area contributed by atoms with Gasteiger partial charge in [0.05, 0.1) is 18.5 Å². The molecule has 1 aliphatic rings. The van der Waals surface area contributed by atoms with Crippen LogP contribution >= 0.6 is 0 Å². The number of hydrogen-bond donors (Lipinski definition) is 2. The Balaban J connectivity index is 1.35. The molecule has 2 aromatic heterocycles. The fourth-order valence-electron chi connectivity index (χ4n) is 3.38. The number of amides is 4. The number of hydrogen-bond acceptors (Lipinski definition) is 4. The summed E-state index contributed by atoms with van der Waals surface area (Å²) >= 11 is 0. The summed E-state index contributed by atoms with van der Waals surface area (Å²) in [6, 6.07) is 9.86. The predicted octanol–water partition coefficient (Wildman–Crippen LogP) is 2.61. The van der Waals surface area contributed by atoms with E-state index < -0.39 is 12.1 Å². The van der Waals surface area contributed by atoms with Crippen LogP contribution in [0.3, 0.4) is 0 Å². The lowest BCUT2D eigenvalue weighted by atomic mass is 10.1. The summed E-state index contributed by atoms with van der Waals surface area (Å²) in [7, 11) is 1.94. The molecule has 3 heterocycles. The minimum Gasteiger partial charge on any atom is -0.467 e. The highest BCUT2D eigenvalue weighted by atomic mass is 16.3. The molecule has 1 aliphatic heterocycles. The van der Waals surface area contributed by atoms with Gasteiger partial charge >= 0.3 is 6.03 Å². The second kappa shape index (κ2) is 7.22. The van der Waals surface area contributed by atoms with Gasteiger partial charge in [-0.1, -0.05) is 6.07 Å². The van der Waals surface area contributed by atoms with Crippen LogP contribution in [0.1, 0.15) is 18.6 Å². The number of anilines is 1. The molecular formula is C20H20N4O4. The molecule has 1 fully saturated rings. The molecule has 8 heteroatoms. The number of nitrogens with zero attached hydrogens (tertiary/aromatic N) is 2. The van der Waals surface area contributed by atoms with Gasteiger partial charge in [0.25, 0.3) is 5.91 Å². The van der Waals surface area contributed by atoms with Crippen LogP contribution in [0.4, 0.5) is 10.5 Å². The molecule has 0 saturated carbocycles. The third-order valence-corrected chi connectivity index (χ3v) is 4.86. The topological polar surface area (TPSA) is 96.6 Å². The molecule has 4 amide bonds. The van der Waals surface area contributed by atoms with Gasteiger partial charge in [0, 0.05) is 30.6 Å². The molecule has 28 heavy (non-hydrogen) atoms. The summed E-state index contributed by atoms with van der Waals surface area (Å²) < 4.78 is 7.17. The number of rotatable bonds is 6. The van der Waals surface area contributed by atoms with Crippen LogP contribution in [-0.4, -0.2) is 33.4 Å². The van der Waals surface area contributed by atoms with Crippen molar-refractivity contribution in [1.82, 2.24) is 14.8 Å². The molecule has 0 unspecified atom stereocenters. The van der Waals surface area contributed by atoms with E-state index in [-0.39, 0.29) is 31.2 Å². The predicted molar refractivity (Wildman–Crippen MR) is 102 cm³/mol. The van der Waals surface area contributed by atoms with Gasteiger partial charge in [0.15, 0.2) is 0 Å². The molecule has 144 valence electrons. The number of nitrogens with one attached hydrogen (secondary N) is 2. The Morgan fingerprint density at radius 3 is 2.86 bits per heavy atom. The van der Waals surface area contributed by atoms with Crippen LogP contribution in [0.2, 0.25) is 0 Å². The largest absolute Gasteiger partial charge is 0.467 e. The maximum atomic E-state index is 12.5. The normalized spacial score (nSPS) is 16.6. The van der Waals surface area contributed by atoms with Crippen LogP contribution < -0.4 is 10.6 Å². The second-order valence-electron chi connectivity index (χ2n) is 6.76. The fourth-order valence-corrected chi connectivity index (χ4v) is 3.38. The third kappa shape index (κ3) is 3.36. The summed E-state index contributed by atoms with van der Waals surface area (Å²) in [5.74, 6) is -0.0277. The average molecular weight is 380 g/mol. The van der Waals surface area contributed by atoms with Gasteiger partial charge < -0.3 is 19.6 Å². The van der Waals surface area contributed by atoms with Gasteiger partial charge in [-0.2, -0.15) is 0 Å². The quantitative estimate of drug-likeness (QED) is 0.643. The Morgan fingerprint density at radius 1 is 1.21 bits per heavy atom. The van der Waals surface area contributed by atoms with Gasteiger partial charge in [-0.25, -0.2) is 4.79 Å². The molecule has 2 N–H and O–H groups in total. The molecule has 1 saturated heterocycles. The summed E-state index contributed by atoms with van der Waals surface area (Å²) in [6.45, 7) is 0.0797. The van der Waals surface area contributed by atoms with Crippen molar-refractivity contribution < 1.29 is 18.8 Å². The smallest absolute Gasteiger partial charge is 0.325 e. The Hall–Kier alpha value is -3.55. The zero-order valence-electron chi connectivity index (χ0n) is 15.3. The minimum atomic E-state index is -0.708. The molecule has 4 rings (SSSR count). The summed E-state index contributed by atoms with van der Waals surface area (Å²) in [6.07, 6.45) is 3.77. The number of aryl methyl sites for hydroxylation is 1. The van der Waals surface area contributed by atoms with Crippen LogP contribution in [0.5, 0.6) is 0 Å². The summed E-state index contributed by atoms with van der Waals surface area (Å²) in [4.78, 5) is 38.0. The number of urea groups is 1. The Labute approximate surface area is 161 Å². The van der Waals surface area contributed by atoms with Crippen molar-refractivity contribution in [2.24, 2.45) is 7.05 Å². The number of carbonyl (C=O) groups excluding carboxylic acids is 3. The molecule has 0 radical (unpaired) electrons. The molecular weight excluding hydrogens is 360 g/mol. The number of furan rings is 1. The first-order valence-corrected chi connectivity index (χ1v) is 9.01. The van der Waals surface area contributed by atoms with Crippen LogP contribution in [0, 0.1) is 0 Å². The lowest BCUT2D eigenvalue weighted by Crippen LogP contribution is -2.31. The average Bonchev–Trinajstić information content (AvgIpc) is 3.38. The third-order valence-electron chi connectivity index (χ3n) is 4.86. The van der Waals surface area contributed by atoms with E-state index in [9.17, 15) is 14.4 Å². The van der Waals surface area contributed by atoms with Crippen molar-refractivity contribution in [1.29, 1.82) is 0 Å². The summed E-state index contributed by atoms with van der Waals surface area (Å²) in [5.41, 5.74) is 1.74. The molecule has 1 atom stereocenters. The van der Waals surface area contributed by atoms with E-state index in [1.165, 1.54) is 6.26 Å². The van der Waals surface area contributed by atoms with Crippen molar-refractivity contribution in [3.63, 3.8) is 0 Å². The fraction of sp³-hybridized carbons (Fsp3) is 0.250.